The van der Waals surface area contributed by atoms with Crippen molar-refractivity contribution in [3.63, 3.8) is 0 Å². The molecule has 2 heterocycles. The Morgan fingerprint density at radius 1 is 0.135 bits per heavy atom. The lowest BCUT2D eigenvalue weighted by molar-refractivity contribution is 1.29. The molecule has 0 amide bonds. The SMILES string of the molecule is c1ccc2c(c1)-c1ccccc1N(c1ccc(-c3ccc(-c4ccc(-c5ccc(-c6ccc(-c7ccc(N8c9ccccc9-c9ccccc9-c9ccccc98)cc7)cc6)cc5)cc4)cc3)cc1)c1ccccc1-2. The van der Waals surface area contributed by atoms with E-state index in [-0.39, 0.29) is 0 Å². The van der Waals surface area contributed by atoms with Crippen molar-refractivity contribution >= 4 is 34.1 Å². The number of hydrogen-bond acceptors (Lipinski definition) is 2. The van der Waals surface area contributed by atoms with Crippen molar-refractivity contribution in [3.8, 4) is 100 Å². The van der Waals surface area contributed by atoms with Gasteiger partial charge in [0.15, 0.2) is 0 Å². The molecular formula is C72H48N2. The Hall–Kier alpha value is -9.76. The standard InChI is InChI=1S/C72H48N2/c1-2-14-62-61(13-1)65-17-5-9-21-69(65)73(70-22-10-6-18-66(62)70)59-45-41-57(42-46-59)55-37-33-53(34-38-55)51-29-25-49(26-30-51)50-27-31-52(32-28-50)54-35-39-56(40-36-54)58-43-47-60(48-44-58)74-71-23-11-7-19-67(71)63-15-3-4-16-64(63)68-20-8-12-24-72(68)74/h1-48H. The van der Waals surface area contributed by atoms with Gasteiger partial charge in [0.2, 0.25) is 0 Å². The lowest BCUT2D eigenvalue weighted by Crippen LogP contribution is -2.10. The van der Waals surface area contributed by atoms with Gasteiger partial charge in [-0.15, -0.1) is 0 Å². The Labute approximate surface area is 433 Å². The number of anilines is 6. The fourth-order valence-corrected chi connectivity index (χ4v) is 11.3. The zero-order valence-corrected chi connectivity index (χ0v) is 40.6. The molecule has 14 rings (SSSR count). The fraction of sp³-hybridized carbons (Fsp3) is 0. The molecule has 0 atom stereocenters. The van der Waals surface area contributed by atoms with Gasteiger partial charge >= 0.3 is 0 Å². The second kappa shape index (κ2) is 18.1. The summed E-state index contributed by atoms with van der Waals surface area (Å²) in [6.07, 6.45) is 0. The summed E-state index contributed by atoms with van der Waals surface area (Å²) in [6.45, 7) is 0. The Morgan fingerprint density at radius 3 is 0.473 bits per heavy atom. The maximum Gasteiger partial charge on any atom is 0.0540 e. The molecule has 12 aromatic rings. The van der Waals surface area contributed by atoms with E-state index in [1.807, 2.05) is 0 Å². The monoisotopic (exact) mass is 940 g/mol. The molecule has 74 heavy (non-hydrogen) atoms. The second-order valence-electron chi connectivity index (χ2n) is 19.2. The first-order valence-corrected chi connectivity index (χ1v) is 25.5. The number of para-hydroxylation sites is 4. The molecule has 0 aromatic heterocycles. The Morgan fingerprint density at radius 2 is 0.284 bits per heavy atom. The van der Waals surface area contributed by atoms with Crippen LogP contribution in [0.3, 0.4) is 0 Å². The highest BCUT2D eigenvalue weighted by Crippen LogP contribution is 2.52. The van der Waals surface area contributed by atoms with E-state index in [1.165, 1.54) is 123 Å². The Bertz CT molecular complexity index is 3620. The lowest BCUT2D eigenvalue weighted by Gasteiger charge is -2.27. The van der Waals surface area contributed by atoms with Crippen LogP contribution >= 0.6 is 0 Å². The minimum atomic E-state index is 1.13. The van der Waals surface area contributed by atoms with E-state index in [1.54, 1.807) is 0 Å². The molecule has 0 saturated carbocycles. The number of nitrogens with zero attached hydrogens (tertiary/aromatic N) is 2. The van der Waals surface area contributed by atoms with Crippen LogP contribution in [0.2, 0.25) is 0 Å². The number of fused-ring (bicyclic) bond motifs is 10. The van der Waals surface area contributed by atoms with E-state index >= 15 is 0 Å². The van der Waals surface area contributed by atoms with Gasteiger partial charge in [-0.05, 0) is 126 Å². The summed E-state index contributed by atoms with van der Waals surface area (Å²) in [5, 5.41) is 0. The second-order valence-corrected chi connectivity index (χ2v) is 19.2. The summed E-state index contributed by atoms with van der Waals surface area (Å²) in [5.41, 5.74) is 28.9. The third-order valence-corrected chi connectivity index (χ3v) is 15.1. The van der Waals surface area contributed by atoms with Crippen molar-refractivity contribution in [3.05, 3.63) is 291 Å². The van der Waals surface area contributed by atoms with Crippen LogP contribution < -0.4 is 9.80 Å². The van der Waals surface area contributed by atoms with Crippen molar-refractivity contribution in [2.75, 3.05) is 9.80 Å². The third kappa shape index (κ3) is 7.52. The molecular weight excluding hydrogens is 893 g/mol. The van der Waals surface area contributed by atoms with Crippen LogP contribution in [0.5, 0.6) is 0 Å². The first-order valence-electron chi connectivity index (χ1n) is 25.5. The fourth-order valence-electron chi connectivity index (χ4n) is 11.3. The largest absolute Gasteiger partial charge is 0.309 e. The van der Waals surface area contributed by atoms with Gasteiger partial charge in [-0.25, -0.2) is 0 Å². The molecule has 2 aliphatic rings. The first-order chi connectivity index (χ1) is 36.7. The molecule has 0 N–H and O–H groups in total. The predicted octanol–water partition coefficient (Wildman–Crippen LogP) is 20.3. The molecule has 2 heteroatoms. The van der Waals surface area contributed by atoms with Crippen LogP contribution in [0.25, 0.3) is 100 Å². The van der Waals surface area contributed by atoms with Crippen LogP contribution in [0.4, 0.5) is 34.1 Å². The van der Waals surface area contributed by atoms with Gasteiger partial charge in [-0.2, -0.15) is 0 Å². The average Bonchev–Trinajstić information content (AvgIpc) is 3.71. The summed E-state index contributed by atoms with van der Waals surface area (Å²) in [7, 11) is 0. The minimum absolute atomic E-state index is 1.13. The van der Waals surface area contributed by atoms with E-state index in [4.69, 9.17) is 0 Å². The van der Waals surface area contributed by atoms with Gasteiger partial charge in [-0.3, -0.25) is 0 Å². The molecule has 0 bridgehead atoms. The van der Waals surface area contributed by atoms with Crippen molar-refractivity contribution in [2.45, 2.75) is 0 Å². The van der Waals surface area contributed by atoms with E-state index in [9.17, 15) is 0 Å². The molecule has 0 radical (unpaired) electrons. The Balaban J connectivity index is 0.655. The van der Waals surface area contributed by atoms with Crippen LogP contribution in [0, 0.1) is 0 Å². The topological polar surface area (TPSA) is 6.48 Å². The van der Waals surface area contributed by atoms with E-state index < -0.39 is 0 Å². The average molecular weight is 941 g/mol. The summed E-state index contributed by atoms with van der Waals surface area (Å²) >= 11 is 0. The zero-order valence-electron chi connectivity index (χ0n) is 40.6. The molecule has 0 unspecified atom stereocenters. The molecule has 2 nitrogen and oxygen atoms in total. The van der Waals surface area contributed by atoms with Gasteiger partial charge in [0, 0.05) is 33.6 Å². The van der Waals surface area contributed by atoms with E-state index in [0.717, 1.165) is 11.4 Å². The molecule has 2 aliphatic heterocycles. The maximum atomic E-state index is 2.41. The number of benzene rings is 12. The van der Waals surface area contributed by atoms with Crippen LogP contribution in [-0.2, 0) is 0 Å². The highest BCUT2D eigenvalue weighted by molar-refractivity contribution is 6.04. The number of hydrogen-bond donors (Lipinski definition) is 0. The molecule has 0 spiro atoms. The molecule has 346 valence electrons. The highest BCUT2D eigenvalue weighted by atomic mass is 15.2. The number of rotatable bonds is 7. The summed E-state index contributed by atoms with van der Waals surface area (Å²) < 4.78 is 0. The predicted molar refractivity (Wildman–Crippen MR) is 312 cm³/mol. The normalized spacial score (nSPS) is 12.0. The molecule has 0 saturated heterocycles. The van der Waals surface area contributed by atoms with Gasteiger partial charge in [-0.1, -0.05) is 243 Å². The van der Waals surface area contributed by atoms with Crippen molar-refractivity contribution < 1.29 is 0 Å². The quantitative estimate of drug-likeness (QED) is 0.157. The lowest BCUT2D eigenvalue weighted by atomic mass is 9.95. The van der Waals surface area contributed by atoms with E-state index in [0.29, 0.717) is 0 Å². The molecule has 0 fully saturated rings. The Kier molecular flexibility index (Phi) is 10.6. The third-order valence-electron chi connectivity index (χ3n) is 15.1. The highest BCUT2D eigenvalue weighted by Gasteiger charge is 2.27. The summed E-state index contributed by atoms with van der Waals surface area (Å²) in [6, 6.07) is 106. The van der Waals surface area contributed by atoms with Gasteiger partial charge in [0.1, 0.15) is 0 Å². The van der Waals surface area contributed by atoms with Crippen molar-refractivity contribution in [2.24, 2.45) is 0 Å². The van der Waals surface area contributed by atoms with E-state index in [2.05, 4.69) is 301 Å². The first kappa shape index (κ1) is 43.1. The maximum absolute atomic E-state index is 2.41. The molecule has 0 aliphatic carbocycles. The van der Waals surface area contributed by atoms with Crippen LogP contribution in [-0.4, -0.2) is 0 Å². The smallest absolute Gasteiger partial charge is 0.0540 e. The van der Waals surface area contributed by atoms with Gasteiger partial charge in [0.05, 0.1) is 22.7 Å². The zero-order chi connectivity index (χ0) is 49.0. The van der Waals surface area contributed by atoms with Crippen molar-refractivity contribution in [1.29, 1.82) is 0 Å². The van der Waals surface area contributed by atoms with Crippen molar-refractivity contribution in [1.82, 2.24) is 0 Å². The summed E-state index contributed by atoms with van der Waals surface area (Å²) in [4.78, 5) is 4.81. The van der Waals surface area contributed by atoms with Crippen LogP contribution in [0.1, 0.15) is 0 Å². The molecule has 12 aromatic carbocycles. The van der Waals surface area contributed by atoms with Gasteiger partial charge in [0.25, 0.3) is 0 Å². The van der Waals surface area contributed by atoms with Crippen LogP contribution in [0.15, 0.2) is 291 Å². The van der Waals surface area contributed by atoms with Gasteiger partial charge < -0.3 is 9.80 Å². The summed E-state index contributed by atoms with van der Waals surface area (Å²) in [5.74, 6) is 0. The minimum Gasteiger partial charge on any atom is -0.309 e.